The molecule has 2 aromatic heterocycles. The van der Waals surface area contributed by atoms with E-state index in [0.717, 1.165) is 86.6 Å². The molecule has 8 nitrogen and oxygen atoms in total. The third-order valence-corrected chi connectivity index (χ3v) is 8.54. The molecule has 1 saturated carbocycles. The predicted octanol–water partition coefficient (Wildman–Crippen LogP) is 3.92. The van der Waals surface area contributed by atoms with Crippen LogP contribution in [-0.4, -0.2) is 69.4 Å². The first-order chi connectivity index (χ1) is 17.6. The fraction of sp³-hybridized carbons (Fsp3) is 0.607. The Kier molecular flexibility index (Phi) is 6.56. The highest BCUT2D eigenvalue weighted by Crippen LogP contribution is 2.33. The van der Waals surface area contributed by atoms with Gasteiger partial charge in [-0.2, -0.15) is 4.98 Å². The number of nitrogens with one attached hydrogen (secondary N) is 1. The van der Waals surface area contributed by atoms with Gasteiger partial charge in [0.2, 0.25) is 5.95 Å². The van der Waals surface area contributed by atoms with Crippen LogP contribution in [0, 0.1) is 0 Å². The highest BCUT2D eigenvalue weighted by molar-refractivity contribution is 6.05. The number of aliphatic hydroxyl groups is 1. The zero-order chi connectivity index (χ0) is 24.6. The van der Waals surface area contributed by atoms with Crippen molar-refractivity contribution in [1.82, 2.24) is 19.4 Å². The van der Waals surface area contributed by atoms with Gasteiger partial charge >= 0.3 is 0 Å². The Morgan fingerprint density at radius 2 is 1.89 bits per heavy atom. The van der Waals surface area contributed by atoms with Crippen molar-refractivity contribution in [3.8, 4) is 0 Å². The zero-order valence-corrected chi connectivity index (χ0v) is 21.3. The summed E-state index contributed by atoms with van der Waals surface area (Å²) in [5.41, 5.74) is 1.86. The summed E-state index contributed by atoms with van der Waals surface area (Å²) in [4.78, 5) is 28.6. The monoisotopic (exact) mass is 490 g/mol. The quantitative estimate of drug-likeness (QED) is 0.400. The number of piperazine rings is 1. The number of hydrogen-bond donors (Lipinski definition) is 2. The van der Waals surface area contributed by atoms with Crippen molar-refractivity contribution in [1.29, 1.82) is 0 Å². The van der Waals surface area contributed by atoms with E-state index in [-0.39, 0.29) is 17.7 Å². The van der Waals surface area contributed by atoms with E-state index in [9.17, 15) is 9.90 Å². The van der Waals surface area contributed by atoms with Crippen LogP contribution < -0.4 is 15.8 Å². The molecule has 6 rings (SSSR count). The van der Waals surface area contributed by atoms with Crippen molar-refractivity contribution in [2.24, 2.45) is 0 Å². The average molecular weight is 491 g/mol. The normalized spacial score (nSPS) is 24.9. The molecule has 3 fully saturated rings. The summed E-state index contributed by atoms with van der Waals surface area (Å²) < 4.78 is 1.91. The number of anilines is 2. The fourth-order valence-corrected chi connectivity index (χ4v) is 6.46. The fourth-order valence-electron chi connectivity index (χ4n) is 6.46. The van der Waals surface area contributed by atoms with Crippen LogP contribution in [-0.2, 0) is 0 Å². The minimum Gasteiger partial charge on any atom is -0.393 e. The van der Waals surface area contributed by atoms with Crippen LogP contribution in [0.5, 0.6) is 0 Å². The summed E-state index contributed by atoms with van der Waals surface area (Å²) in [6.07, 6.45) is 9.31. The van der Waals surface area contributed by atoms with Gasteiger partial charge in [0.05, 0.1) is 11.5 Å². The van der Waals surface area contributed by atoms with E-state index in [1.165, 1.54) is 19.4 Å². The van der Waals surface area contributed by atoms with E-state index in [2.05, 4.69) is 45.2 Å². The van der Waals surface area contributed by atoms with Crippen LogP contribution in [0.4, 0.5) is 11.6 Å². The molecule has 0 amide bonds. The van der Waals surface area contributed by atoms with Gasteiger partial charge in [0.1, 0.15) is 5.65 Å². The lowest BCUT2D eigenvalue weighted by atomic mass is 9.92. The maximum absolute atomic E-state index is 14.1. The Balaban J connectivity index is 1.44. The van der Waals surface area contributed by atoms with Crippen LogP contribution in [0.3, 0.4) is 0 Å². The first kappa shape index (κ1) is 23.7. The maximum Gasteiger partial charge on any atom is 0.260 e. The number of aromatic nitrogens is 3. The molecule has 0 spiro atoms. The van der Waals surface area contributed by atoms with Gasteiger partial charge in [-0.25, -0.2) is 4.98 Å². The third kappa shape index (κ3) is 4.34. The first-order valence-electron chi connectivity index (χ1n) is 13.9. The number of pyridine rings is 1. The predicted molar refractivity (Wildman–Crippen MR) is 145 cm³/mol. The van der Waals surface area contributed by atoms with Gasteiger partial charge in [-0.15, -0.1) is 0 Å². The topological polar surface area (TPSA) is 86.5 Å². The lowest BCUT2D eigenvalue weighted by molar-refractivity contribution is 0.111. The SMILES string of the molecule is CCCCNc1ncc2c3ccc(N4CCN5CCC[C@@H]5C4)cc3c(=O)n([C@H]3CC[C@H](O)CC3)c2n1. The molecular weight excluding hydrogens is 452 g/mol. The molecule has 0 unspecified atom stereocenters. The Morgan fingerprint density at radius 1 is 1.03 bits per heavy atom. The third-order valence-electron chi connectivity index (χ3n) is 8.54. The van der Waals surface area contributed by atoms with Crippen LogP contribution >= 0.6 is 0 Å². The molecule has 192 valence electrons. The van der Waals surface area contributed by atoms with Crippen LogP contribution in [0.2, 0.25) is 0 Å². The van der Waals surface area contributed by atoms with E-state index < -0.39 is 0 Å². The Bertz CT molecular complexity index is 1300. The first-order valence-corrected chi connectivity index (χ1v) is 13.9. The lowest BCUT2D eigenvalue weighted by Gasteiger charge is -2.39. The molecule has 4 heterocycles. The zero-order valence-electron chi connectivity index (χ0n) is 21.3. The Morgan fingerprint density at radius 3 is 2.72 bits per heavy atom. The minimum absolute atomic E-state index is 0.0263. The maximum atomic E-state index is 14.1. The number of benzene rings is 1. The summed E-state index contributed by atoms with van der Waals surface area (Å²) in [6.45, 7) is 7.32. The molecule has 2 saturated heterocycles. The molecule has 3 aromatic rings. The molecule has 1 atom stereocenters. The highest BCUT2D eigenvalue weighted by atomic mass is 16.3. The molecule has 2 N–H and O–H groups in total. The Labute approximate surface area is 212 Å². The summed E-state index contributed by atoms with van der Waals surface area (Å²) in [5.74, 6) is 0.574. The lowest BCUT2D eigenvalue weighted by Crippen LogP contribution is -2.50. The molecular formula is C28H38N6O2. The highest BCUT2D eigenvalue weighted by Gasteiger charge is 2.31. The number of rotatable bonds is 6. The molecule has 1 aliphatic carbocycles. The average Bonchev–Trinajstić information content (AvgIpc) is 3.38. The summed E-state index contributed by atoms with van der Waals surface area (Å²) in [7, 11) is 0. The van der Waals surface area contributed by atoms with E-state index in [4.69, 9.17) is 4.98 Å². The molecule has 36 heavy (non-hydrogen) atoms. The van der Waals surface area contributed by atoms with E-state index in [1.807, 2.05) is 10.8 Å². The van der Waals surface area contributed by atoms with Crippen molar-refractivity contribution in [2.75, 3.05) is 42.9 Å². The largest absolute Gasteiger partial charge is 0.393 e. The number of nitrogens with zero attached hydrogens (tertiary/aromatic N) is 5. The molecule has 0 radical (unpaired) electrons. The van der Waals surface area contributed by atoms with Gasteiger partial charge in [-0.1, -0.05) is 19.4 Å². The van der Waals surface area contributed by atoms with Crippen molar-refractivity contribution in [3.63, 3.8) is 0 Å². The molecule has 0 bridgehead atoms. The number of hydrogen-bond acceptors (Lipinski definition) is 7. The molecule has 8 heteroatoms. The van der Waals surface area contributed by atoms with Gasteiger partial charge in [0, 0.05) is 55.5 Å². The molecule has 3 aliphatic rings. The molecule has 1 aromatic carbocycles. The Hall–Kier alpha value is -2.71. The summed E-state index contributed by atoms with van der Waals surface area (Å²) >= 11 is 0. The smallest absolute Gasteiger partial charge is 0.260 e. The van der Waals surface area contributed by atoms with Crippen molar-refractivity contribution in [2.45, 2.75) is 76.5 Å². The van der Waals surface area contributed by atoms with E-state index >= 15 is 0 Å². The summed E-state index contributed by atoms with van der Waals surface area (Å²) in [6, 6.07) is 7.03. The van der Waals surface area contributed by atoms with Crippen LogP contribution in [0.1, 0.15) is 64.3 Å². The van der Waals surface area contributed by atoms with Crippen molar-refractivity contribution >= 4 is 33.4 Å². The van der Waals surface area contributed by atoms with E-state index in [1.54, 1.807) is 0 Å². The number of aliphatic hydroxyl groups excluding tert-OH is 1. The second-order valence-corrected chi connectivity index (χ2v) is 10.9. The van der Waals surface area contributed by atoms with Crippen molar-refractivity contribution < 1.29 is 5.11 Å². The number of fused-ring (bicyclic) bond motifs is 4. The van der Waals surface area contributed by atoms with Gasteiger partial charge in [-0.05, 0) is 69.0 Å². The standard InChI is InChI=1S/C28H38N6O2/c1-2-3-12-29-28-30-17-25-23-11-8-20(33-15-14-32-13-4-5-21(32)18-33)16-24(23)27(36)34(26(25)31-28)19-6-9-22(35)10-7-19/h8,11,16-17,19,21-22,35H,2-7,9-10,12-15,18H2,1H3,(H,29,30,31)/t19-,21-,22-/m1/s1. The molecule has 2 aliphatic heterocycles. The summed E-state index contributed by atoms with van der Waals surface area (Å²) in [5, 5.41) is 16.0. The number of unbranched alkanes of at least 4 members (excludes halogenated alkanes) is 1. The minimum atomic E-state index is -0.273. The van der Waals surface area contributed by atoms with Crippen LogP contribution in [0.15, 0.2) is 29.2 Å². The van der Waals surface area contributed by atoms with Gasteiger partial charge < -0.3 is 15.3 Å². The van der Waals surface area contributed by atoms with Crippen molar-refractivity contribution in [3.05, 3.63) is 34.7 Å². The second-order valence-electron chi connectivity index (χ2n) is 10.9. The van der Waals surface area contributed by atoms with E-state index in [0.29, 0.717) is 17.6 Å². The van der Waals surface area contributed by atoms with Gasteiger partial charge in [0.25, 0.3) is 5.56 Å². The van der Waals surface area contributed by atoms with Gasteiger partial charge in [-0.3, -0.25) is 14.3 Å². The second kappa shape index (κ2) is 9.98. The van der Waals surface area contributed by atoms with Gasteiger partial charge in [0.15, 0.2) is 0 Å². The van der Waals surface area contributed by atoms with Crippen LogP contribution in [0.25, 0.3) is 21.8 Å².